The molecule has 144 valence electrons. The SMILES string of the molecule is CC(=O)c1cccc(NC(=O)c2ccccc2OCc2cn3ccccc3n2)c1. The topological polar surface area (TPSA) is 72.7 Å². The number of Topliss-reactive ketones (excluding diaryl/α,β-unsaturated/α-hetero) is 1. The molecule has 2 aromatic heterocycles. The maximum Gasteiger partial charge on any atom is 0.259 e. The van der Waals surface area contributed by atoms with Crippen molar-refractivity contribution in [1.29, 1.82) is 0 Å². The van der Waals surface area contributed by atoms with Gasteiger partial charge in [-0.05, 0) is 43.3 Å². The Balaban J connectivity index is 1.50. The van der Waals surface area contributed by atoms with Crippen molar-refractivity contribution in [3.63, 3.8) is 0 Å². The van der Waals surface area contributed by atoms with Gasteiger partial charge in [0.05, 0.1) is 11.3 Å². The van der Waals surface area contributed by atoms with E-state index in [1.54, 1.807) is 42.5 Å². The fraction of sp³-hybridized carbons (Fsp3) is 0.0870. The number of carbonyl (C=O) groups excluding carboxylic acids is 2. The Bertz CT molecular complexity index is 1160. The van der Waals surface area contributed by atoms with Crippen LogP contribution in [-0.4, -0.2) is 21.1 Å². The van der Waals surface area contributed by atoms with E-state index in [9.17, 15) is 9.59 Å². The van der Waals surface area contributed by atoms with Crippen molar-refractivity contribution in [2.45, 2.75) is 13.5 Å². The van der Waals surface area contributed by atoms with E-state index in [-0.39, 0.29) is 18.3 Å². The molecule has 29 heavy (non-hydrogen) atoms. The van der Waals surface area contributed by atoms with E-state index >= 15 is 0 Å². The van der Waals surface area contributed by atoms with Crippen molar-refractivity contribution in [2.24, 2.45) is 0 Å². The van der Waals surface area contributed by atoms with E-state index in [1.165, 1.54) is 6.92 Å². The van der Waals surface area contributed by atoms with Crippen LogP contribution in [-0.2, 0) is 6.61 Å². The molecule has 0 saturated carbocycles. The predicted molar refractivity (Wildman–Crippen MR) is 110 cm³/mol. The lowest BCUT2D eigenvalue weighted by Gasteiger charge is -2.11. The van der Waals surface area contributed by atoms with E-state index < -0.39 is 0 Å². The predicted octanol–water partition coefficient (Wildman–Crippen LogP) is 4.37. The molecule has 0 radical (unpaired) electrons. The number of para-hydroxylation sites is 1. The molecular weight excluding hydrogens is 366 g/mol. The van der Waals surface area contributed by atoms with E-state index in [2.05, 4.69) is 10.3 Å². The summed E-state index contributed by atoms with van der Waals surface area (Å²) in [6.45, 7) is 1.73. The van der Waals surface area contributed by atoms with Gasteiger partial charge in [0.25, 0.3) is 5.91 Å². The number of imidazole rings is 1. The summed E-state index contributed by atoms with van der Waals surface area (Å²) in [6, 6.07) is 19.6. The van der Waals surface area contributed by atoms with Gasteiger partial charge in [-0.1, -0.05) is 30.3 Å². The van der Waals surface area contributed by atoms with Gasteiger partial charge in [-0.3, -0.25) is 9.59 Å². The second kappa shape index (κ2) is 7.98. The number of hydrogen-bond acceptors (Lipinski definition) is 4. The summed E-state index contributed by atoms with van der Waals surface area (Å²) in [5.41, 5.74) is 3.10. The average molecular weight is 385 g/mol. The molecule has 6 nitrogen and oxygen atoms in total. The molecule has 4 rings (SSSR count). The molecular formula is C23H19N3O3. The Labute approximate surface area is 167 Å². The molecule has 0 spiro atoms. The van der Waals surface area contributed by atoms with Gasteiger partial charge in [0.1, 0.15) is 18.0 Å². The van der Waals surface area contributed by atoms with Crippen LogP contribution < -0.4 is 10.1 Å². The first kappa shape index (κ1) is 18.4. The second-order valence-corrected chi connectivity index (χ2v) is 6.57. The molecule has 2 heterocycles. The first-order valence-electron chi connectivity index (χ1n) is 9.17. The number of fused-ring (bicyclic) bond motifs is 1. The highest BCUT2D eigenvalue weighted by Crippen LogP contribution is 2.21. The lowest BCUT2D eigenvalue weighted by molar-refractivity contribution is 0.100. The van der Waals surface area contributed by atoms with Crippen LogP contribution in [0.4, 0.5) is 5.69 Å². The minimum Gasteiger partial charge on any atom is -0.486 e. The Morgan fingerprint density at radius 2 is 1.86 bits per heavy atom. The van der Waals surface area contributed by atoms with Crippen LogP contribution in [0, 0.1) is 0 Å². The van der Waals surface area contributed by atoms with Crippen LogP contribution in [0.1, 0.15) is 33.3 Å². The van der Waals surface area contributed by atoms with Crippen molar-refractivity contribution in [3.05, 3.63) is 95.9 Å². The third-order valence-electron chi connectivity index (χ3n) is 4.45. The highest BCUT2D eigenvalue weighted by molar-refractivity contribution is 6.06. The number of ketones is 1. The van der Waals surface area contributed by atoms with Crippen molar-refractivity contribution in [2.75, 3.05) is 5.32 Å². The zero-order chi connectivity index (χ0) is 20.2. The van der Waals surface area contributed by atoms with Gasteiger partial charge in [0.15, 0.2) is 5.78 Å². The quantitative estimate of drug-likeness (QED) is 0.500. The first-order chi connectivity index (χ1) is 14.1. The summed E-state index contributed by atoms with van der Waals surface area (Å²) in [5.74, 6) is 0.0957. The van der Waals surface area contributed by atoms with Gasteiger partial charge in [0, 0.05) is 23.6 Å². The Kier molecular flexibility index (Phi) is 5.07. The smallest absolute Gasteiger partial charge is 0.259 e. The molecule has 6 heteroatoms. The van der Waals surface area contributed by atoms with Crippen LogP contribution in [0.2, 0.25) is 0 Å². The molecule has 0 saturated heterocycles. The molecule has 0 bridgehead atoms. The Hall–Kier alpha value is -3.93. The molecule has 0 atom stereocenters. The summed E-state index contributed by atoms with van der Waals surface area (Å²) in [4.78, 5) is 28.8. The number of nitrogens with zero attached hydrogens (tertiary/aromatic N) is 2. The third-order valence-corrected chi connectivity index (χ3v) is 4.45. The van der Waals surface area contributed by atoms with E-state index in [0.717, 1.165) is 11.3 Å². The lowest BCUT2D eigenvalue weighted by atomic mass is 10.1. The number of hydrogen-bond donors (Lipinski definition) is 1. The van der Waals surface area contributed by atoms with Crippen LogP contribution in [0.5, 0.6) is 5.75 Å². The first-order valence-corrected chi connectivity index (χ1v) is 9.17. The van der Waals surface area contributed by atoms with Gasteiger partial charge in [-0.25, -0.2) is 4.98 Å². The third kappa shape index (κ3) is 4.16. The molecule has 4 aromatic rings. The molecule has 1 N–H and O–H groups in total. The maximum atomic E-state index is 12.8. The van der Waals surface area contributed by atoms with Crippen molar-refractivity contribution in [3.8, 4) is 5.75 Å². The molecule has 0 fully saturated rings. The monoisotopic (exact) mass is 385 g/mol. The minimum atomic E-state index is -0.309. The van der Waals surface area contributed by atoms with Crippen molar-refractivity contribution < 1.29 is 14.3 Å². The summed E-state index contributed by atoms with van der Waals surface area (Å²) < 4.78 is 7.80. The highest BCUT2D eigenvalue weighted by Gasteiger charge is 2.14. The fourth-order valence-electron chi connectivity index (χ4n) is 3.00. The molecule has 2 aromatic carbocycles. The van der Waals surface area contributed by atoms with Gasteiger partial charge in [0.2, 0.25) is 0 Å². The molecule has 0 unspecified atom stereocenters. The standard InChI is InChI=1S/C23H19N3O3/c1-16(27)17-7-6-8-18(13-17)25-23(28)20-9-2-3-10-21(20)29-15-19-14-26-12-5-4-11-22(26)24-19/h2-14H,15H2,1H3,(H,25,28). The minimum absolute atomic E-state index is 0.0581. The summed E-state index contributed by atoms with van der Waals surface area (Å²) >= 11 is 0. The number of anilines is 1. The van der Waals surface area contributed by atoms with E-state index in [1.807, 2.05) is 41.1 Å². The Morgan fingerprint density at radius 3 is 2.69 bits per heavy atom. The van der Waals surface area contributed by atoms with Crippen LogP contribution in [0.15, 0.2) is 79.1 Å². The van der Waals surface area contributed by atoms with E-state index in [4.69, 9.17) is 4.74 Å². The van der Waals surface area contributed by atoms with Gasteiger partial charge in [-0.15, -0.1) is 0 Å². The number of aromatic nitrogens is 2. The largest absolute Gasteiger partial charge is 0.486 e. The number of nitrogens with one attached hydrogen (secondary N) is 1. The number of amides is 1. The van der Waals surface area contributed by atoms with E-state index in [0.29, 0.717) is 22.6 Å². The average Bonchev–Trinajstić information content (AvgIpc) is 3.15. The Morgan fingerprint density at radius 1 is 1.03 bits per heavy atom. The zero-order valence-electron chi connectivity index (χ0n) is 15.8. The normalized spacial score (nSPS) is 10.7. The highest BCUT2D eigenvalue weighted by atomic mass is 16.5. The molecule has 0 aliphatic rings. The second-order valence-electron chi connectivity index (χ2n) is 6.57. The number of benzene rings is 2. The van der Waals surface area contributed by atoms with Crippen LogP contribution in [0.25, 0.3) is 5.65 Å². The zero-order valence-corrected chi connectivity index (χ0v) is 15.8. The summed E-state index contributed by atoms with van der Waals surface area (Å²) in [7, 11) is 0. The summed E-state index contributed by atoms with van der Waals surface area (Å²) in [5, 5.41) is 2.82. The molecule has 0 aliphatic carbocycles. The van der Waals surface area contributed by atoms with Gasteiger partial charge in [-0.2, -0.15) is 0 Å². The van der Waals surface area contributed by atoms with Crippen molar-refractivity contribution in [1.82, 2.24) is 9.38 Å². The van der Waals surface area contributed by atoms with Gasteiger partial charge >= 0.3 is 0 Å². The lowest BCUT2D eigenvalue weighted by Crippen LogP contribution is -2.14. The fourth-order valence-corrected chi connectivity index (χ4v) is 3.00. The molecule has 1 amide bonds. The number of pyridine rings is 1. The number of carbonyl (C=O) groups is 2. The van der Waals surface area contributed by atoms with Crippen molar-refractivity contribution >= 4 is 23.0 Å². The number of ether oxygens (including phenoxy) is 1. The van der Waals surface area contributed by atoms with Crippen LogP contribution >= 0.6 is 0 Å². The van der Waals surface area contributed by atoms with Crippen LogP contribution in [0.3, 0.4) is 0 Å². The number of rotatable bonds is 6. The van der Waals surface area contributed by atoms with Gasteiger partial charge < -0.3 is 14.5 Å². The summed E-state index contributed by atoms with van der Waals surface area (Å²) in [6.07, 6.45) is 3.81. The maximum absolute atomic E-state index is 12.8. The molecule has 0 aliphatic heterocycles.